The number of thiophene rings is 1. The van der Waals surface area contributed by atoms with E-state index in [-0.39, 0.29) is 13.2 Å². The highest BCUT2D eigenvalue weighted by Gasteiger charge is 2.16. The number of hydrogen-bond acceptors (Lipinski definition) is 5. The number of hydrogen-bond donors (Lipinski definition) is 2. The SMILES string of the molecule is NCCc1ccc(S(=O)(=O)NCCOc2ccccc2)s1. The van der Waals surface area contributed by atoms with Crippen LogP contribution in [0.25, 0.3) is 0 Å². The number of para-hydroxylation sites is 1. The molecule has 21 heavy (non-hydrogen) atoms. The van der Waals surface area contributed by atoms with Crippen LogP contribution >= 0.6 is 11.3 Å². The highest BCUT2D eigenvalue weighted by Crippen LogP contribution is 2.21. The Hall–Kier alpha value is -1.41. The molecule has 7 heteroatoms. The van der Waals surface area contributed by atoms with Crippen LogP contribution < -0.4 is 15.2 Å². The second-order valence-corrected chi connectivity index (χ2v) is 7.48. The lowest BCUT2D eigenvalue weighted by Gasteiger charge is -2.07. The molecule has 0 fully saturated rings. The van der Waals surface area contributed by atoms with Crippen molar-refractivity contribution in [3.8, 4) is 5.75 Å². The Kier molecular flexibility index (Phi) is 5.75. The van der Waals surface area contributed by atoms with Crippen molar-refractivity contribution in [2.45, 2.75) is 10.6 Å². The first-order valence-corrected chi connectivity index (χ1v) is 8.88. The molecule has 0 amide bonds. The fourth-order valence-electron chi connectivity index (χ4n) is 1.71. The molecule has 1 aromatic heterocycles. The van der Waals surface area contributed by atoms with Crippen LogP contribution in [0.5, 0.6) is 5.75 Å². The van der Waals surface area contributed by atoms with Gasteiger partial charge in [0.05, 0.1) is 0 Å². The summed E-state index contributed by atoms with van der Waals surface area (Å²) in [4.78, 5) is 0.971. The second-order valence-electron chi connectivity index (χ2n) is 4.32. The number of benzene rings is 1. The van der Waals surface area contributed by atoms with E-state index in [0.717, 1.165) is 10.6 Å². The molecule has 2 aromatic rings. The number of ether oxygens (including phenoxy) is 1. The van der Waals surface area contributed by atoms with Crippen LogP contribution in [0.4, 0.5) is 0 Å². The first-order chi connectivity index (χ1) is 10.1. The minimum atomic E-state index is -3.46. The molecule has 114 valence electrons. The number of nitrogens with one attached hydrogen (secondary N) is 1. The van der Waals surface area contributed by atoms with Crippen LogP contribution in [0.2, 0.25) is 0 Å². The number of nitrogens with two attached hydrogens (primary N) is 1. The van der Waals surface area contributed by atoms with Gasteiger partial charge < -0.3 is 10.5 Å². The highest BCUT2D eigenvalue weighted by molar-refractivity contribution is 7.91. The van der Waals surface area contributed by atoms with Crippen molar-refractivity contribution in [1.29, 1.82) is 0 Å². The molecular weight excluding hydrogens is 308 g/mol. The molecule has 0 aliphatic rings. The summed E-state index contributed by atoms with van der Waals surface area (Å²) in [7, 11) is -3.46. The normalized spacial score (nSPS) is 11.5. The zero-order valence-corrected chi connectivity index (χ0v) is 13.1. The van der Waals surface area contributed by atoms with E-state index in [1.165, 1.54) is 11.3 Å². The maximum absolute atomic E-state index is 12.1. The Morgan fingerprint density at radius 3 is 2.62 bits per heavy atom. The van der Waals surface area contributed by atoms with Gasteiger partial charge >= 0.3 is 0 Å². The zero-order chi connectivity index (χ0) is 15.1. The third kappa shape index (κ3) is 4.82. The minimum Gasteiger partial charge on any atom is -0.492 e. The molecule has 0 bridgehead atoms. The van der Waals surface area contributed by atoms with Crippen LogP contribution in [-0.2, 0) is 16.4 Å². The fraction of sp³-hybridized carbons (Fsp3) is 0.286. The van der Waals surface area contributed by atoms with Crippen molar-refractivity contribution in [3.05, 3.63) is 47.3 Å². The summed E-state index contributed by atoms with van der Waals surface area (Å²) >= 11 is 1.25. The fourth-order valence-corrected chi connectivity index (χ4v) is 4.14. The lowest BCUT2D eigenvalue weighted by Crippen LogP contribution is -2.27. The van der Waals surface area contributed by atoms with Gasteiger partial charge in [-0.25, -0.2) is 13.1 Å². The average molecular weight is 326 g/mol. The number of sulfonamides is 1. The van der Waals surface area contributed by atoms with Crippen LogP contribution in [0, 0.1) is 0 Å². The molecule has 1 aromatic carbocycles. The zero-order valence-electron chi connectivity index (χ0n) is 11.5. The third-order valence-corrected chi connectivity index (χ3v) is 5.80. The predicted molar refractivity (Wildman–Crippen MR) is 84.2 cm³/mol. The summed E-state index contributed by atoms with van der Waals surface area (Å²) < 4.78 is 32.4. The van der Waals surface area contributed by atoms with E-state index in [1.54, 1.807) is 12.1 Å². The largest absolute Gasteiger partial charge is 0.492 e. The molecule has 0 atom stereocenters. The van der Waals surface area contributed by atoms with Gasteiger partial charge in [0.2, 0.25) is 10.0 Å². The van der Waals surface area contributed by atoms with Gasteiger partial charge in [-0.2, -0.15) is 0 Å². The lowest BCUT2D eigenvalue weighted by atomic mass is 10.3. The summed E-state index contributed by atoms with van der Waals surface area (Å²) in [5.41, 5.74) is 5.46. The van der Waals surface area contributed by atoms with E-state index in [9.17, 15) is 8.42 Å². The molecule has 0 unspecified atom stereocenters. The van der Waals surface area contributed by atoms with E-state index in [1.807, 2.05) is 30.3 Å². The van der Waals surface area contributed by atoms with Crippen molar-refractivity contribution in [3.63, 3.8) is 0 Å². The summed E-state index contributed by atoms with van der Waals surface area (Å²) in [5.74, 6) is 0.720. The lowest BCUT2D eigenvalue weighted by molar-refractivity contribution is 0.323. The monoisotopic (exact) mass is 326 g/mol. The first-order valence-electron chi connectivity index (χ1n) is 6.58. The van der Waals surface area contributed by atoms with Crippen molar-refractivity contribution < 1.29 is 13.2 Å². The molecule has 0 aliphatic carbocycles. The molecule has 0 aliphatic heterocycles. The Morgan fingerprint density at radius 2 is 1.90 bits per heavy atom. The predicted octanol–water partition coefficient (Wildman–Crippen LogP) is 1.61. The van der Waals surface area contributed by atoms with E-state index < -0.39 is 10.0 Å². The van der Waals surface area contributed by atoms with E-state index in [2.05, 4.69) is 4.72 Å². The molecule has 5 nitrogen and oxygen atoms in total. The third-order valence-electron chi connectivity index (χ3n) is 2.70. The number of rotatable bonds is 8. The van der Waals surface area contributed by atoms with E-state index >= 15 is 0 Å². The van der Waals surface area contributed by atoms with Gasteiger partial charge in [0.1, 0.15) is 16.6 Å². The topological polar surface area (TPSA) is 81.4 Å². The van der Waals surface area contributed by atoms with Crippen molar-refractivity contribution in [2.75, 3.05) is 19.7 Å². The Morgan fingerprint density at radius 1 is 1.14 bits per heavy atom. The smallest absolute Gasteiger partial charge is 0.250 e. The standard InChI is InChI=1S/C14H18N2O3S2/c15-9-8-13-6-7-14(20-13)21(17,18)16-10-11-19-12-4-2-1-3-5-12/h1-7,16H,8-11,15H2. The molecule has 2 rings (SSSR count). The summed E-state index contributed by atoms with van der Waals surface area (Å²) in [6.07, 6.45) is 0.692. The van der Waals surface area contributed by atoms with Gasteiger partial charge in [-0.1, -0.05) is 18.2 Å². The average Bonchev–Trinajstić information content (AvgIpc) is 2.95. The van der Waals surface area contributed by atoms with Gasteiger partial charge in [-0.3, -0.25) is 0 Å². The Labute approximate surface area is 128 Å². The van der Waals surface area contributed by atoms with Crippen LogP contribution in [0.1, 0.15) is 4.88 Å². The van der Waals surface area contributed by atoms with Gasteiger partial charge in [0, 0.05) is 11.4 Å². The Balaban J connectivity index is 1.83. The van der Waals surface area contributed by atoms with Gasteiger partial charge in [0.15, 0.2) is 0 Å². The molecule has 0 saturated carbocycles. The van der Waals surface area contributed by atoms with Crippen molar-refractivity contribution in [2.24, 2.45) is 5.73 Å². The Bertz CT molecular complexity index is 654. The molecular formula is C14H18N2O3S2. The van der Waals surface area contributed by atoms with E-state index in [0.29, 0.717) is 17.2 Å². The summed E-state index contributed by atoms with van der Waals surface area (Å²) in [5, 5.41) is 0. The molecule has 1 heterocycles. The first kappa shape index (κ1) is 16.0. The summed E-state index contributed by atoms with van der Waals surface area (Å²) in [6.45, 7) is 1.02. The van der Waals surface area contributed by atoms with Crippen LogP contribution in [0.3, 0.4) is 0 Å². The highest BCUT2D eigenvalue weighted by atomic mass is 32.2. The minimum absolute atomic E-state index is 0.224. The van der Waals surface area contributed by atoms with E-state index in [4.69, 9.17) is 10.5 Å². The molecule has 3 N–H and O–H groups in total. The van der Waals surface area contributed by atoms with Crippen molar-refractivity contribution in [1.82, 2.24) is 4.72 Å². The second kappa shape index (κ2) is 7.56. The van der Waals surface area contributed by atoms with Gasteiger partial charge in [-0.05, 0) is 37.2 Å². The van der Waals surface area contributed by atoms with Crippen LogP contribution in [-0.4, -0.2) is 28.1 Å². The molecule has 0 saturated heterocycles. The van der Waals surface area contributed by atoms with Gasteiger partial charge in [0.25, 0.3) is 0 Å². The summed E-state index contributed by atoms with van der Waals surface area (Å²) in [6, 6.07) is 12.7. The molecule has 0 spiro atoms. The molecule has 0 radical (unpaired) electrons. The van der Waals surface area contributed by atoms with Gasteiger partial charge in [-0.15, -0.1) is 11.3 Å². The maximum Gasteiger partial charge on any atom is 0.250 e. The quantitative estimate of drug-likeness (QED) is 0.722. The van der Waals surface area contributed by atoms with Crippen LogP contribution in [0.15, 0.2) is 46.7 Å². The maximum atomic E-state index is 12.1. The van der Waals surface area contributed by atoms with Crippen molar-refractivity contribution >= 4 is 21.4 Å².